The zero-order chi connectivity index (χ0) is 24.4. The van der Waals surface area contributed by atoms with E-state index in [-0.39, 0.29) is 23.8 Å². The fourth-order valence-electron chi connectivity index (χ4n) is 4.35. The maximum Gasteiger partial charge on any atom is 0.295 e. The van der Waals surface area contributed by atoms with E-state index < -0.39 is 17.7 Å². The zero-order valence-corrected chi connectivity index (χ0v) is 19.6. The van der Waals surface area contributed by atoms with Crippen molar-refractivity contribution in [1.29, 1.82) is 0 Å². The summed E-state index contributed by atoms with van der Waals surface area (Å²) in [6.45, 7) is 6.08. The van der Waals surface area contributed by atoms with Crippen molar-refractivity contribution in [1.82, 2.24) is 14.9 Å². The summed E-state index contributed by atoms with van der Waals surface area (Å²) in [7, 11) is 1.60. The highest BCUT2D eigenvalue weighted by Gasteiger charge is 2.46. The third kappa shape index (κ3) is 4.17. The number of carbonyl (C=O) groups is 2. The lowest BCUT2D eigenvalue weighted by Gasteiger charge is -2.25. The molecule has 1 fully saturated rings. The van der Waals surface area contributed by atoms with Gasteiger partial charge in [0.05, 0.1) is 18.7 Å². The minimum atomic E-state index is -0.757. The van der Waals surface area contributed by atoms with Crippen LogP contribution in [0.15, 0.2) is 66.8 Å². The first-order chi connectivity index (χ1) is 16.3. The van der Waals surface area contributed by atoms with Crippen molar-refractivity contribution in [2.45, 2.75) is 39.3 Å². The molecule has 0 radical (unpaired) electrons. The van der Waals surface area contributed by atoms with Crippen LogP contribution in [0.2, 0.25) is 0 Å². The van der Waals surface area contributed by atoms with Crippen molar-refractivity contribution >= 4 is 17.4 Å². The number of Topliss-reactive ketones (excluding diaryl/α,β-unsaturated/α-hetero) is 1. The molecular formula is C27H27N3O4. The van der Waals surface area contributed by atoms with Crippen LogP contribution in [0.5, 0.6) is 5.75 Å². The number of aliphatic hydroxyl groups excluding tert-OH is 1. The van der Waals surface area contributed by atoms with Crippen molar-refractivity contribution in [3.63, 3.8) is 0 Å². The van der Waals surface area contributed by atoms with Crippen LogP contribution in [-0.2, 0) is 16.1 Å². The average molecular weight is 458 g/mol. The quantitative estimate of drug-likeness (QED) is 0.332. The summed E-state index contributed by atoms with van der Waals surface area (Å²) >= 11 is 0. The number of aliphatic hydroxyl groups is 1. The largest absolute Gasteiger partial charge is 0.507 e. The van der Waals surface area contributed by atoms with Gasteiger partial charge in [-0.15, -0.1) is 0 Å². The van der Waals surface area contributed by atoms with E-state index in [1.165, 1.54) is 4.90 Å². The number of hydrogen-bond acceptors (Lipinski definition) is 6. The molecule has 0 spiro atoms. The highest BCUT2D eigenvalue weighted by molar-refractivity contribution is 6.46. The van der Waals surface area contributed by atoms with Gasteiger partial charge in [-0.1, -0.05) is 19.9 Å². The number of pyridine rings is 2. The first-order valence-electron chi connectivity index (χ1n) is 11.1. The van der Waals surface area contributed by atoms with E-state index in [0.717, 1.165) is 16.7 Å². The number of aryl methyl sites for hydroxylation is 1. The third-order valence-corrected chi connectivity index (χ3v) is 6.09. The van der Waals surface area contributed by atoms with Crippen molar-refractivity contribution in [2.75, 3.05) is 7.11 Å². The van der Waals surface area contributed by atoms with E-state index in [1.54, 1.807) is 50.1 Å². The molecule has 1 aliphatic rings. The molecule has 4 rings (SSSR count). The van der Waals surface area contributed by atoms with E-state index in [9.17, 15) is 14.7 Å². The number of ketones is 1. The second-order valence-corrected chi connectivity index (χ2v) is 8.63. The summed E-state index contributed by atoms with van der Waals surface area (Å²) < 4.78 is 5.52. The van der Waals surface area contributed by atoms with Crippen LogP contribution in [-0.4, -0.2) is 38.8 Å². The van der Waals surface area contributed by atoms with Crippen LogP contribution in [0, 0.1) is 6.92 Å². The van der Waals surface area contributed by atoms with Gasteiger partial charge in [0.2, 0.25) is 0 Å². The number of likely N-dealkylation sites (tertiary alicyclic amines) is 1. The van der Waals surface area contributed by atoms with Crippen LogP contribution in [0.3, 0.4) is 0 Å². The number of hydrogen-bond donors (Lipinski definition) is 1. The highest BCUT2D eigenvalue weighted by atomic mass is 16.5. The maximum absolute atomic E-state index is 13.3. The molecule has 1 unspecified atom stereocenters. The Morgan fingerprint density at radius 2 is 1.85 bits per heavy atom. The third-order valence-electron chi connectivity index (χ3n) is 6.09. The average Bonchev–Trinajstić information content (AvgIpc) is 3.09. The van der Waals surface area contributed by atoms with Crippen molar-refractivity contribution < 1.29 is 19.4 Å². The SMILES string of the molecule is COc1cc(C)c(/C(O)=C2\C(=O)C(=O)N(Cc3cccnc3)C2c2ccncc2)cc1C(C)C. The van der Waals surface area contributed by atoms with Crippen LogP contribution >= 0.6 is 0 Å². The smallest absolute Gasteiger partial charge is 0.295 e. The lowest BCUT2D eigenvalue weighted by molar-refractivity contribution is -0.140. The summed E-state index contributed by atoms with van der Waals surface area (Å²) in [5.74, 6) is -0.735. The Labute approximate surface area is 198 Å². The minimum absolute atomic E-state index is 0.0584. The van der Waals surface area contributed by atoms with Crippen LogP contribution in [0.25, 0.3) is 5.76 Å². The molecule has 1 aliphatic heterocycles. The Bertz CT molecular complexity index is 1250. The molecule has 174 valence electrons. The van der Waals surface area contributed by atoms with Crippen molar-refractivity contribution in [3.05, 3.63) is 94.6 Å². The fraction of sp³-hybridized carbons (Fsp3) is 0.259. The molecule has 0 aliphatic carbocycles. The van der Waals surface area contributed by atoms with Gasteiger partial charge in [-0.3, -0.25) is 19.6 Å². The second-order valence-electron chi connectivity index (χ2n) is 8.63. The topological polar surface area (TPSA) is 92.6 Å². The molecule has 1 amide bonds. The molecule has 1 aromatic carbocycles. The van der Waals surface area contributed by atoms with Gasteiger partial charge in [0.15, 0.2) is 0 Å². The van der Waals surface area contributed by atoms with Gasteiger partial charge in [-0.05, 0) is 65.4 Å². The molecule has 1 saturated heterocycles. The number of aromatic nitrogens is 2. The highest BCUT2D eigenvalue weighted by Crippen LogP contribution is 2.41. The minimum Gasteiger partial charge on any atom is -0.507 e. The lowest BCUT2D eigenvalue weighted by Crippen LogP contribution is -2.29. The van der Waals surface area contributed by atoms with Crippen molar-refractivity contribution in [3.8, 4) is 5.75 Å². The van der Waals surface area contributed by atoms with Crippen molar-refractivity contribution in [2.24, 2.45) is 0 Å². The summed E-state index contributed by atoms with van der Waals surface area (Å²) in [5.41, 5.74) is 3.68. The predicted octanol–water partition coefficient (Wildman–Crippen LogP) is 4.54. The second kappa shape index (κ2) is 9.47. The molecular weight excluding hydrogens is 430 g/mol. The normalized spacial score (nSPS) is 17.4. The predicted molar refractivity (Wildman–Crippen MR) is 128 cm³/mol. The number of nitrogens with zero attached hydrogens (tertiary/aromatic N) is 3. The van der Waals surface area contributed by atoms with E-state index in [2.05, 4.69) is 9.97 Å². The van der Waals surface area contributed by atoms with Gasteiger partial charge < -0.3 is 14.7 Å². The van der Waals surface area contributed by atoms with Gasteiger partial charge in [0.1, 0.15) is 11.5 Å². The standard InChI is InChI=1S/C27H27N3O4/c1-16(2)20-13-21(17(3)12-22(20)34-4)25(31)23-24(19-7-10-28-11-8-19)30(27(33)26(23)32)15-18-6-5-9-29-14-18/h5-14,16,24,31H,15H2,1-4H3/b25-23+. The Morgan fingerprint density at radius 1 is 1.12 bits per heavy atom. The molecule has 1 atom stereocenters. The van der Waals surface area contributed by atoms with Gasteiger partial charge >= 0.3 is 0 Å². The van der Waals surface area contributed by atoms with Crippen LogP contribution in [0.1, 0.15) is 53.6 Å². The number of carbonyl (C=O) groups excluding carboxylic acids is 2. The van der Waals surface area contributed by atoms with Crippen LogP contribution < -0.4 is 4.74 Å². The van der Waals surface area contributed by atoms with E-state index in [4.69, 9.17) is 4.74 Å². The number of ether oxygens (including phenoxy) is 1. The summed E-state index contributed by atoms with van der Waals surface area (Å²) in [4.78, 5) is 36.1. The molecule has 2 aromatic heterocycles. The molecule has 7 heteroatoms. The van der Waals surface area contributed by atoms with Gasteiger partial charge in [-0.2, -0.15) is 0 Å². The zero-order valence-electron chi connectivity index (χ0n) is 19.6. The number of methoxy groups -OCH3 is 1. The van der Waals surface area contributed by atoms with E-state index in [1.807, 2.05) is 39.0 Å². The summed E-state index contributed by atoms with van der Waals surface area (Å²) in [5, 5.41) is 11.5. The molecule has 3 aromatic rings. The summed E-state index contributed by atoms with van der Waals surface area (Å²) in [6, 6.07) is 10.1. The number of rotatable bonds is 6. The molecule has 34 heavy (non-hydrogen) atoms. The van der Waals surface area contributed by atoms with Gasteiger partial charge in [-0.25, -0.2) is 0 Å². The Kier molecular flexibility index (Phi) is 6.45. The first-order valence-corrected chi connectivity index (χ1v) is 11.1. The van der Waals surface area contributed by atoms with E-state index >= 15 is 0 Å². The molecule has 1 N–H and O–H groups in total. The fourth-order valence-corrected chi connectivity index (χ4v) is 4.35. The first kappa shape index (κ1) is 23.2. The molecule has 7 nitrogen and oxygen atoms in total. The number of amides is 1. The Balaban J connectivity index is 1.90. The van der Waals surface area contributed by atoms with Gasteiger partial charge in [0, 0.05) is 36.9 Å². The number of benzene rings is 1. The van der Waals surface area contributed by atoms with Crippen LogP contribution in [0.4, 0.5) is 0 Å². The monoisotopic (exact) mass is 457 g/mol. The van der Waals surface area contributed by atoms with E-state index in [0.29, 0.717) is 16.9 Å². The Morgan fingerprint density at radius 3 is 2.47 bits per heavy atom. The molecule has 0 bridgehead atoms. The molecule has 0 saturated carbocycles. The summed E-state index contributed by atoms with van der Waals surface area (Å²) in [6.07, 6.45) is 6.52. The lowest BCUT2D eigenvalue weighted by atomic mass is 9.91. The maximum atomic E-state index is 13.3. The Hall–Kier alpha value is -4.00. The van der Waals surface area contributed by atoms with Gasteiger partial charge in [0.25, 0.3) is 11.7 Å². The molecule has 3 heterocycles.